The van der Waals surface area contributed by atoms with Gasteiger partial charge in [0.2, 0.25) is 0 Å². The third kappa shape index (κ3) is 3.46. The van der Waals surface area contributed by atoms with Gasteiger partial charge in [-0.3, -0.25) is 0 Å². The Kier molecular flexibility index (Phi) is 5.38. The summed E-state index contributed by atoms with van der Waals surface area (Å²) in [4.78, 5) is 16.5. The summed E-state index contributed by atoms with van der Waals surface area (Å²) in [6.07, 6.45) is 5.75. The second kappa shape index (κ2) is 6.88. The van der Waals surface area contributed by atoms with Gasteiger partial charge in [0.15, 0.2) is 0 Å². The number of aromatic nitrogens is 1. The number of hydrogen-bond acceptors (Lipinski definition) is 4. The van der Waals surface area contributed by atoms with Crippen LogP contribution >= 0.6 is 11.3 Å². The fraction of sp³-hybridized carbons (Fsp3) is 0.750. The number of carboxylic acid groups (broad SMARTS) is 1. The quantitative estimate of drug-likeness (QED) is 0.854. The molecule has 0 aliphatic heterocycles. The zero-order chi connectivity index (χ0) is 15.5. The summed E-state index contributed by atoms with van der Waals surface area (Å²) >= 11 is 1.32. The minimum absolute atomic E-state index is 0.359. The highest BCUT2D eigenvalue weighted by molar-refractivity contribution is 7.13. The van der Waals surface area contributed by atoms with Crippen LogP contribution in [-0.4, -0.2) is 22.7 Å². The van der Waals surface area contributed by atoms with Gasteiger partial charge >= 0.3 is 5.97 Å². The van der Waals surface area contributed by atoms with Crippen molar-refractivity contribution in [3.8, 4) is 0 Å². The van der Waals surface area contributed by atoms with Gasteiger partial charge in [-0.25, -0.2) is 9.78 Å². The molecular weight excluding hydrogens is 286 g/mol. The number of thiazole rings is 1. The van der Waals surface area contributed by atoms with Gasteiger partial charge in [-0.2, -0.15) is 0 Å². The lowest BCUT2D eigenvalue weighted by Gasteiger charge is -2.37. The van der Waals surface area contributed by atoms with Crippen LogP contribution in [0.2, 0.25) is 0 Å². The highest BCUT2D eigenvalue weighted by Crippen LogP contribution is 2.44. The molecule has 0 bridgehead atoms. The molecule has 1 N–H and O–H groups in total. The number of ether oxygens (including phenoxy) is 1. The molecule has 1 fully saturated rings. The van der Waals surface area contributed by atoms with Gasteiger partial charge < -0.3 is 9.84 Å². The Bertz CT molecular complexity index is 490. The van der Waals surface area contributed by atoms with Crippen LogP contribution in [0.1, 0.15) is 73.2 Å². The van der Waals surface area contributed by atoms with Crippen molar-refractivity contribution in [3.63, 3.8) is 0 Å². The van der Waals surface area contributed by atoms with Crippen LogP contribution < -0.4 is 0 Å². The average molecular weight is 311 g/mol. The zero-order valence-corrected chi connectivity index (χ0v) is 14.0. The molecular formula is C16H25NO3S. The lowest BCUT2D eigenvalue weighted by Crippen LogP contribution is -2.34. The maximum atomic E-state index is 11.4. The van der Waals surface area contributed by atoms with E-state index in [1.807, 2.05) is 13.8 Å². The molecule has 118 valence electrons. The number of carbonyl (C=O) groups is 1. The molecule has 0 saturated heterocycles. The van der Waals surface area contributed by atoms with Gasteiger partial charge in [-0.05, 0) is 44.9 Å². The third-order valence-electron chi connectivity index (χ3n) is 4.27. The van der Waals surface area contributed by atoms with Crippen molar-refractivity contribution in [2.45, 2.75) is 64.9 Å². The van der Waals surface area contributed by atoms with Crippen molar-refractivity contribution in [1.29, 1.82) is 0 Å². The van der Waals surface area contributed by atoms with Crippen LogP contribution in [0.3, 0.4) is 0 Å². The monoisotopic (exact) mass is 311 g/mol. The number of aromatic carboxylic acids is 1. The number of rotatable bonds is 6. The van der Waals surface area contributed by atoms with Gasteiger partial charge in [0.05, 0.1) is 5.69 Å². The van der Waals surface area contributed by atoms with Crippen LogP contribution in [0.5, 0.6) is 0 Å². The second-order valence-corrected chi connectivity index (χ2v) is 6.96. The number of hydrogen-bond donors (Lipinski definition) is 1. The predicted octanol–water partition coefficient (Wildman–Crippen LogP) is 4.24. The van der Waals surface area contributed by atoms with Crippen LogP contribution in [-0.2, 0) is 16.8 Å². The van der Waals surface area contributed by atoms with E-state index in [-0.39, 0.29) is 5.60 Å². The number of nitrogens with zero attached hydrogens (tertiary/aromatic N) is 1. The summed E-state index contributed by atoms with van der Waals surface area (Å²) in [6.45, 7) is 6.95. The van der Waals surface area contributed by atoms with Crippen molar-refractivity contribution in [2.75, 3.05) is 6.61 Å². The van der Waals surface area contributed by atoms with Gasteiger partial charge in [0.25, 0.3) is 0 Å². The topological polar surface area (TPSA) is 59.4 Å². The van der Waals surface area contributed by atoms with Gasteiger partial charge in [-0.1, -0.05) is 20.3 Å². The van der Waals surface area contributed by atoms with E-state index in [0.29, 0.717) is 17.4 Å². The predicted molar refractivity (Wildman–Crippen MR) is 84.0 cm³/mol. The van der Waals surface area contributed by atoms with Crippen LogP contribution in [0.4, 0.5) is 0 Å². The molecule has 0 amide bonds. The fourth-order valence-electron chi connectivity index (χ4n) is 3.04. The summed E-state index contributed by atoms with van der Waals surface area (Å²) in [6, 6.07) is 0. The first-order valence-electron chi connectivity index (χ1n) is 7.89. The normalized spacial score (nSPS) is 26.0. The van der Waals surface area contributed by atoms with E-state index in [1.54, 1.807) is 0 Å². The summed E-state index contributed by atoms with van der Waals surface area (Å²) in [5, 5.41) is 10.3. The third-order valence-corrected chi connectivity index (χ3v) is 5.54. The van der Waals surface area contributed by atoms with Gasteiger partial charge in [0, 0.05) is 6.61 Å². The Hall–Kier alpha value is -0.940. The van der Waals surface area contributed by atoms with Gasteiger partial charge in [-0.15, -0.1) is 11.3 Å². The lowest BCUT2D eigenvalue weighted by atomic mass is 9.79. The van der Waals surface area contributed by atoms with Gasteiger partial charge in [0.1, 0.15) is 15.5 Å². The average Bonchev–Trinajstić information content (AvgIpc) is 2.87. The standard InChI is InChI=1S/C16H25NO3S/c1-4-6-12-13(14(18)19)21-15(17-12)16(20-5-2)9-7-11(3)8-10-16/h11H,4-10H2,1-3H3,(H,18,19). The van der Waals surface area contributed by atoms with Crippen molar-refractivity contribution in [1.82, 2.24) is 4.98 Å². The Morgan fingerprint density at radius 2 is 2.10 bits per heavy atom. The summed E-state index contributed by atoms with van der Waals surface area (Å²) < 4.78 is 6.09. The molecule has 0 atom stereocenters. The molecule has 1 aliphatic rings. The first-order chi connectivity index (χ1) is 10.0. The molecule has 1 saturated carbocycles. The second-order valence-electron chi connectivity index (χ2n) is 5.96. The van der Waals surface area contributed by atoms with Crippen LogP contribution in [0.15, 0.2) is 0 Å². The van der Waals surface area contributed by atoms with E-state index < -0.39 is 5.97 Å². The van der Waals surface area contributed by atoms with E-state index in [1.165, 1.54) is 11.3 Å². The minimum Gasteiger partial charge on any atom is -0.477 e. The molecule has 4 nitrogen and oxygen atoms in total. The van der Waals surface area contributed by atoms with Crippen molar-refractivity contribution in [2.24, 2.45) is 5.92 Å². The maximum absolute atomic E-state index is 11.4. The maximum Gasteiger partial charge on any atom is 0.347 e. The first kappa shape index (κ1) is 16.4. The molecule has 0 radical (unpaired) electrons. The Balaban J connectivity index is 2.36. The SMILES string of the molecule is CCCc1nc(C2(OCC)CCC(C)CC2)sc1C(=O)O. The highest BCUT2D eigenvalue weighted by atomic mass is 32.1. The molecule has 1 aromatic heterocycles. The largest absolute Gasteiger partial charge is 0.477 e. The van der Waals surface area contributed by atoms with E-state index in [2.05, 4.69) is 11.9 Å². The Labute approximate surface area is 130 Å². The fourth-order valence-corrected chi connectivity index (χ4v) is 4.20. The first-order valence-corrected chi connectivity index (χ1v) is 8.71. The van der Waals surface area contributed by atoms with Crippen molar-refractivity contribution < 1.29 is 14.6 Å². The molecule has 0 spiro atoms. The molecule has 0 unspecified atom stereocenters. The van der Waals surface area contributed by atoms with Crippen molar-refractivity contribution in [3.05, 3.63) is 15.6 Å². The van der Waals surface area contributed by atoms with E-state index in [0.717, 1.165) is 49.2 Å². The smallest absolute Gasteiger partial charge is 0.347 e. The van der Waals surface area contributed by atoms with Crippen LogP contribution in [0.25, 0.3) is 0 Å². The lowest BCUT2D eigenvalue weighted by molar-refractivity contribution is -0.0777. The molecule has 5 heteroatoms. The molecule has 2 rings (SSSR count). The van der Waals surface area contributed by atoms with Crippen LogP contribution in [0, 0.1) is 5.92 Å². The molecule has 1 heterocycles. The highest BCUT2D eigenvalue weighted by Gasteiger charge is 2.40. The number of carboxylic acids is 1. The summed E-state index contributed by atoms with van der Waals surface area (Å²) in [5.74, 6) is -0.148. The Morgan fingerprint density at radius 1 is 1.43 bits per heavy atom. The number of aryl methyl sites for hydroxylation is 1. The van der Waals surface area contributed by atoms with E-state index >= 15 is 0 Å². The summed E-state index contributed by atoms with van der Waals surface area (Å²) in [5.41, 5.74) is 0.366. The van der Waals surface area contributed by atoms with E-state index in [9.17, 15) is 9.90 Å². The summed E-state index contributed by atoms with van der Waals surface area (Å²) in [7, 11) is 0. The Morgan fingerprint density at radius 3 is 2.62 bits per heavy atom. The molecule has 1 aliphatic carbocycles. The molecule has 0 aromatic carbocycles. The van der Waals surface area contributed by atoms with E-state index in [4.69, 9.17) is 4.74 Å². The molecule has 21 heavy (non-hydrogen) atoms. The molecule has 1 aromatic rings. The van der Waals surface area contributed by atoms with Crippen molar-refractivity contribution >= 4 is 17.3 Å². The minimum atomic E-state index is -0.863. The zero-order valence-electron chi connectivity index (χ0n) is 13.1.